The van der Waals surface area contributed by atoms with Crippen LogP contribution >= 0.6 is 0 Å². The molecule has 0 bridgehead atoms. The van der Waals surface area contributed by atoms with E-state index < -0.39 is 0 Å². The molecule has 0 unspecified atom stereocenters. The van der Waals surface area contributed by atoms with Crippen molar-refractivity contribution < 1.29 is 4.79 Å². The molecule has 1 aliphatic rings. The monoisotopic (exact) mass is 233 g/mol. The van der Waals surface area contributed by atoms with Crippen LogP contribution in [0.1, 0.15) is 55.1 Å². The van der Waals surface area contributed by atoms with Gasteiger partial charge in [0.1, 0.15) is 0 Å². The Bertz CT molecular complexity index is 474. The van der Waals surface area contributed by atoms with Crippen molar-refractivity contribution in [3.8, 4) is 0 Å². The first-order chi connectivity index (χ1) is 8.24. The Hall–Kier alpha value is -1.38. The summed E-state index contributed by atoms with van der Waals surface area (Å²) in [5.74, 6) is 0.190. The highest BCUT2D eigenvalue weighted by atomic mass is 16.1. The average molecular weight is 233 g/mol. The van der Waals surface area contributed by atoms with Gasteiger partial charge in [-0.3, -0.25) is 9.59 Å². The summed E-state index contributed by atoms with van der Waals surface area (Å²) in [5.41, 5.74) is 1.77. The quantitative estimate of drug-likeness (QED) is 0.750. The highest BCUT2D eigenvalue weighted by Gasteiger charge is 2.20. The summed E-state index contributed by atoms with van der Waals surface area (Å²) >= 11 is 0. The Balaban J connectivity index is 2.33. The number of carbonyl (C=O) groups is 1. The number of fused-ring (bicyclic) bond motifs is 1. The molecule has 1 aromatic rings. The third-order valence-corrected chi connectivity index (χ3v) is 3.40. The van der Waals surface area contributed by atoms with Gasteiger partial charge in [0, 0.05) is 30.3 Å². The number of ketones is 1. The number of hydrogen-bond acceptors (Lipinski definition) is 2. The fourth-order valence-corrected chi connectivity index (χ4v) is 2.46. The lowest BCUT2D eigenvalue weighted by atomic mass is 9.94. The molecule has 0 amide bonds. The van der Waals surface area contributed by atoms with Crippen LogP contribution in [0.4, 0.5) is 0 Å². The second-order valence-electron chi connectivity index (χ2n) is 4.67. The maximum absolute atomic E-state index is 11.8. The van der Waals surface area contributed by atoms with Crippen molar-refractivity contribution in [1.82, 2.24) is 4.57 Å². The van der Waals surface area contributed by atoms with Crippen molar-refractivity contribution >= 4 is 5.78 Å². The summed E-state index contributed by atoms with van der Waals surface area (Å²) in [5, 5.41) is 0. The van der Waals surface area contributed by atoms with Crippen LogP contribution in [-0.2, 0) is 13.0 Å². The van der Waals surface area contributed by atoms with Crippen molar-refractivity contribution in [2.45, 2.75) is 52.0 Å². The van der Waals surface area contributed by atoms with E-state index in [1.54, 1.807) is 6.07 Å². The molecular formula is C14H19NO2. The summed E-state index contributed by atoms with van der Waals surface area (Å²) in [7, 11) is 0. The molecule has 2 rings (SSSR count). The first-order valence-electron chi connectivity index (χ1n) is 6.50. The van der Waals surface area contributed by atoms with Crippen LogP contribution in [0.25, 0.3) is 0 Å². The summed E-state index contributed by atoms with van der Waals surface area (Å²) in [4.78, 5) is 23.6. The number of rotatable bonds is 4. The Morgan fingerprint density at radius 1 is 1.18 bits per heavy atom. The highest BCUT2D eigenvalue weighted by Crippen LogP contribution is 2.19. The fourth-order valence-electron chi connectivity index (χ4n) is 2.46. The van der Waals surface area contributed by atoms with Crippen molar-refractivity contribution in [3.05, 3.63) is 33.7 Å². The zero-order valence-electron chi connectivity index (χ0n) is 10.4. The van der Waals surface area contributed by atoms with Crippen LogP contribution in [0.5, 0.6) is 0 Å². The number of pyridine rings is 1. The third-order valence-electron chi connectivity index (χ3n) is 3.40. The van der Waals surface area contributed by atoms with Crippen molar-refractivity contribution in [2.24, 2.45) is 0 Å². The fraction of sp³-hybridized carbons (Fsp3) is 0.571. The zero-order chi connectivity index (χ0) is 12.3. The number of nitrogens with zero attached hydrogens (tertiary/aromatic N) is 1. The van der Waals surface area contributed by atoms with Gasteiger partial charge in [0.05, 0.1) is 0 Å². The first-order valence-corrected chi connectivity index (χ1v) is 6.50. The SMILES string of the molecule is CCCCCn1c2c(ccc1=O)C(=O)CCC2. The zero-order valence-corrected chi connectivity index (χ0v) is 10.4. The van der Waals surface area contributed by atoms with Crippen LogP contribution in [0.15, 0.2) is 16.9 Å². The number of Topliss-reactive ketones (excluding diaryl/α,β-unsaturated/α-hetero) is 1. The molecule has 0 aliphatic heterocycles. The lowest BCUT2D eigenvalue weighted by Crippen LogP contribution is -2.27. The second-order valence-corrected chi connectivity index (χ2v) is 4.67. The molecule has 0 saturated carbocycles. The van der Waals surface area contributed by atoms with Gasteiger partial charge in [-0.05, 0) is 25.3 Å². The van der Waals surface area contributed by atoms with Crippen molar-refractivity contribution in [2.75, 3.05) is 0 Å². The normalized spacial score (nSPS) is 14.8. The minimum Gasteiger partial charge on any atom is -0.312 e. The number of hydrogen-bond donors (Lipinski definition) is 0. The Labute approximate surface area is 101 Å². The van der Waals surface area contributed by atoms with Crippen LogP contribution in [0.3, 0.4) is 0 Å². The molecule has 0 radical (unpaired) electrons. The lowest BCUT2D eigenvalue weighted by molar-refractivity contribution is 0.0970. The van der Waals surface area contributed by atoms with E-state index >= 15 is 0 Å². The van der Waals surface area contributed by atoms with Crippen LogP contribution in [0, 0.1) is 0 Å². The maximum Gasteiger partial charge on any atom is 0.250 e. The molecule has 17 heavy (non-hydrogen) atoms. The van der Waals surface area contributed by atoms with E-state index in [9.17, 15) is 9.59 Å². The van der Waals surface area contributed by atoms with E-state index in [-0.39, 0.29) is 11.3 Å². The van der Waals surface area contributed by atoms with Gasteiger partial charge in [0.2, 0.25) is 0 Å². The van der Waals surface area contributed by atoms with E-state index in [0.717, 1.165) is 49.9 Å². The lowest BCUT2D eigenvalue weighted by Gasteiger charge is -2.19. The van der Waals surface area contributed by atoms with Crippen molar-refractivity contribution in [1.29, 1.82) is 0 Å². The van der Waals surface area contributed by atoms with Crippen molar-refractivity contribution in [3.63, 3.8) is 0 Å². The molecule has 1 aromatic heterocycles. The molecule has 3 heteroatoms. The standard InChI is InChI=1S/C14H19NO2/c1-2-3-4-10-15-12-6-5-7-13(16)11(12)8-9-14(15)17/h8-9H,2-7,10H2,1H3. The van der Waals surface area contributed by atoms with Crippen LogP contribution in [0.2, 0.25) is 0 Å². The van der Waals surface area contributed by atoms with Gasteiger partial charge < -0.3 is 4.57 Å². The van der Waals surface area contributed by atoms with E-state index in [2.05, 4.69) is 6.92 Å². The largest absolute Gasteiger partial charge is 0.312 e. The average Bonchev–Trinajstić information content (AvgIpc) is 2.32. The van der Waals surface area contributed by atoms with E-state index in [0.29, 0.717) is 6.42 Å². The van der Waals surface area contributed by atoms with E-state index in [1.807, 2.05) is 4.57 Å². The molecule has 0 N–H and O–H groups in total. The van der Waals surface area contributed by atoms with Gasteiger partial charge in [-0.15, -0.1) is 0 Å². The minimum absolute atomic E-state index is 0.0366. The smallest absolute Gasteiger partial charge is 0.250 e. The van der Waals surface area contributed by atoms with Gasteiger partial charge in [-0.1, -0.05) is 19.8 Å². The van der Waals surface area contributed by atoms with Gasteiger partial charge in [-0.2, -0.15) is 0 Å². The van der Waals surface area contributed by atoms with Crippen LogP contribution in [-0.4, -0.2) is 10.4 Å². The molecule has 0 spiro atoms. The first kappa shape index (κ1) is 12.1. The molecule has 92 valence electrons. The predicted octanol–water partition coefficient (Wildman–Crippen LogP) is 2.56. The molecule has 0 fully saturated rings. The second kappa shape index (κ2) is 5.30. The van der Waals surface area contributed by atoms with Gasteiger partial charge in [-0.25, -0.2) is 0 Å². The van der Waals surface area contributed by atoms with Gasteiger partial charge >= 0.3 is 0 Å². The Morgan fingerprint density at radius 3 is 2.76 bits per heavy atom. The van der Waals surface area contributed by atoms with Crippen LogP contribution < -0.4 is 5.56 Å². The molecule has 1 heterocycles. The Kier molecular flexibility index (Phi) is 3.77. The van der Waals surface area contributed by atoms with Gasteiger partial charge in [0.15, 0.2) is 5.78 Å². The van der Waals surface area contributed by atoms with Gasteiger partial charge in [0.25, 0.3) is 5.56 Å². The molecule has 0 atom stereocenters. The summed E-state index contributed by atoms with van der Waals surface area (Å²) in [6, 6.07) is 3.24. The number of aromatic nitrogens is 1. The molecular weight excluding hydrogens is 214 g/mol. The predicted molar refractivity (Wildman–Crippen MR) is 67.5 cm³/mol. The summed E-state index contributed by atoms with van der Waals surface area (Å²) in [6.45, 7) is 2.90. The minimum atomic E-state index is 0.0366. The van der Waals surface area contributed by atoms with E-state index in [1.165, 1.54) is 6.07 Å². The maximum atomic E-state index is 11.8. The number of unbranched alkanes of at least 4 members (excludes halogenated alkanes) is 2. The Morgan fingerprint density at radius 2 is 2.00 bits per heavy atom. The highest BCUT2D eigenvalue weighted by molar-refractivity contribution is 5.97. The summed E-state index contributed by atoms with van der Waals surface area (Å²) in [6.07, 6.45) is 5.65. The molecule has 0 saturated heterocycles. The summed E-state index contributed by atoms with van der Waals surface area (Å²) < 4.78 is 1.81. The number of carbonyl (C=O) groups excluding carboxylic acids is 1. The topological polar surface area (TPSA) is 39.1 Å². The third kappa shape index (κ3) is 2.48. The molecule has 3 nitrogen and oxygen atoms in total. The van der Waals surface area contributed by atoms with E-state index in [4.69, 9.17) is 0 Å². The molecule has 0 aromatic carbocycles. The molecule has 1 aliphatic carbocycles.